The van der Waals surface area contributed by atoms with Crippen molar-refractivity contribution in [3.8, 4) is 0 Å². The Morgan fingerprint density at radius 2 is 1.67 bits per heavy atom. The summed E-state index contributed by atoms with van der Waals surface area (Å²) in [6.07, 6.45) is 0. The van der Waals surface area contributed by atoms with E-state index < -0.39 is 0 Å². The molecule has 0 radical (unpaired) electrons. The van der Waals surface area contributed by atoms with E-state index in [2.05, 4.69) is 100 Å². The fourth-order valence-corrected chi connectivity index (χ4v) is 4.06. The van der Waals surface area contributed by atoms with Gasteiger partial charge in [0.05, 0.1) is 5.38 Å². The summed E-state index contributed by atoms with van der Waals surface area (Å²) < 4.78 is 2.24. The maximum atomic E-state index is 6.81. The number of halogens is 3. The normalized spacial score (nSPS) is 12.6. The fraction of sp³-hybridized carbons (Fsp3) is 0.111. The summed E-state index contributed by atoms with van der Waals surface area (Å²) in [4.78, 5) is 0. The Hall–Kier alpha value is -0.580. The van der Waals surface area contributed by atoms with Gasteiger partial charge in [-0.1, -0.05) is 52.3 Å². The van der Waals surface area contributed by atoms with Gasteiger partial charge >= 0.3 is 0 Å². The van der Waals surface area contributed by atoms with Gasteiger partial charge in [-0.3, -0.25) is 0 Å². The van der Waals surface area contributed by atoms with E-state index in [9.17, 15) is 0 Å². The molecule has 1 atom stereocenters. The molecule has 1 unspecified atom stereocenters. The van der Waals surface area contributed by atoms with Gasteiger partial charge in [-0.15, -0.1) is 11.6 Å². The van der Waals surface area contributed by atoms with Crippen LogP contribution in [0.1, 0.15) is 22.1 Å². The minimum absolute atomic E-state index is 0.167. The molecule has 0 saturated carbocycles. The number of fused-ring (bicyclic) bond motifs is 1. The van der Waals surface area contributed by atoms with Crippen LogP contribution in [0.25, 0.3) is 10.8 Å². The second kappa shape index (κ2) is 6.27. The summed E-state index contributed by atoms with van der Waals surface area (Å²) >= 11 is 12.7. The Kier molecular flexibility index (Phi) is 4.57. The van der Waals surface area contributed by atoms with Gasteiger partial charge in [-0.2, -0.15) is 0 Å². The molecule has 3 heteroatoms. The van der Waals surface area contributed by atoms with Crippen LogP contribution in [0.4, 0.5) is 0 Å². The van der Waals surface area contributed by atoms with Crippen molar-refractivity contribution in [1.82, 2.24) is 0 Å². The van der Waals surface area contributed by atoms with Gasteiger partial charge in [0.1, 0.15) is 0 Å². The van der Waals surface area contributed by atoms with Crippen LogP contribution in [-0.4, -0.2) is 0 Å². The van der Waals surface area contributed by atoms with E-state index in [0.29, 0.717) is 0 Å². The van der Waals surface area contributed by atoms with Crippen molar-refractivity contribution >= 4 is 60.9 Å². The van der Waals surface area contributed by atoms with Crippen molar-refractivity contribution in [2.75, 3.05) is 0 Å². The molecule has 0 spiro atoms. The first-order valence-corrected chi connectivity index (χ1v) is 8.96. The Morgan fingerprint density at radius 1 is 0.952 bits per heavy atom. The minimum atomic E-state index is -0.167. The summed E-state index contributed by atoms with van der Waals surface area (Å²) in [7, 11) is 0. The number of alkyl halides is 1. The monoisotopic (exact) mass is 470 g/mol. The zero-order valence-corrected chi connectivity index (χ0v) is 15.9. The molecule has 0 aliphatic carbocycles. The van der Waals surface area contributed by atoms with E-state index in [0.717, 1.165) is 15.6 Å². The topological polar surface area (TPSA) is 0 Å². The molecule has 0 amide bonds. The summed E-state index contributed by atoms with van der Waals surface area (Å²) in [5.41, 5.74) is 3.54. The Bertz CT molecular complexity index is 813. The molecule has 106 valence electrons. The maximum absolute atomic E-state index is 6.81. The van der Waals surface area contributed by atoms with E-state index in [1.807, 2.05) is 0 Å². The third-order valence-corrected chi connectivity index (χ3v) is 5.54. The Morgan fingerprint density at radius 3 is 2.43 bits per heavy atom. The van der Waals surface area contributed by atoms with Gasteiger partial charge in [0.25, 0.3) is 0 Å². The molecule has 0 aliphatic rings. The van der Waals surface area contributed by atoms with Crippen LogP contribution in [0.5, 0.6) is 0 Å². The Labute approximate surface area is 151 Å². The average molecular weight is 472 g/mol. The molecular formula is C18H13BrClI. The molecule has 3 rings (SSSR count). The van der Waals surface area contributed by atoms with Crippen LogP contribution in [0, 0.1) is 10.5 Å². The fourth-order valence-electron chi connectivity index (χ4n) is 2.57. The molecule has 0 nitrogen and oxygen atoms in total. The zero-order chi connectivity index (χ0) is 15.0. The number of aryl methyl sites for hydroxylation is 1. The molecule has 3 aromatic rings. The van der Waals surface area contributed by atoms with Crippen LogP contribution in [0.15, 0.2) is 59.1 Å². The largest absolute Gasteiger partial charge is 0.113 e. The van der Waals surface area contributed by atoms with Crippen LogP contribution in [-0.2, 0) is 0 Å². The molecule has 0 fully saturated rings. The van der Waals surface area contributed by atoms with E-state index in [4.69, 9.17) is 11.6 Å². The molecule has 0 aliphatic heterocycles. The number of rotatable bonds is 2. The summed E-state index contributed by atoms with van der Waals surface area (Å²) in [5.74, 6) is 0. The maximum Gasteiger partial charge on any atom is 0.0852 e. The molecule has 21 heavy (non-hydrogen) atoms. The first-order valence-electron chi connectivity index (χ1n) is 6.65. The van der Waals surface area contributed by atoms with E-state index >= 15 is 0 Å². The SMILES string of the molecule is Cc1ccc(C(Cl)c2cc(I)ccc2Br)c2ccccc12. The third-order valence-electron chi connectivity index (χ3n) is 3.68. The summed E-state index contributed by atoms with van der Waals surface area (Å²) in [6, 6.07) is 19.0. The lowest BCUT2D eigenvalue weighted by atomic mass is 9.95. The van der Waals surface area contributed by atoms with Gasteiger partial charge in [-0.25, -0.2) is 0 Å². The molecule has 3 aromatic carbocycles. The van der Waals surface area contributed by atoms with Crippen LogP contribution in [0.2, 0.25) is 0 Å². The zero-order valence-electron chi connectivity index (χ0n) is 11.4. The highest BCUT2D eigenvalue weighted by atomic mass is 127. The van der Waals surface area contributed by atoms with Gasteiger partial charge in [0.2, 0.25) is 0 Å². The van der Waals surface area contributed by atoms with E-state index in [1.165, 1.54) is 19.9 Å². The third kappa shape index (κ3) is 2.99. The van der Waals surface area contributed by atoms with Gasteiger partial charge < -0.3 is 0 Å². The number of hydrogen-bond donors (Lipinski definition) is 0. The minimum Gasteiger partial charge on any atom is -0.113 e. The van der Waals surface area contributed by atoms with Gasteiger partial charge in [0.15, 0.2) is 0 Å². The second-order valence-corrected chi connectivity index (χ2v) is 7.58. The van der Waals surface area contributed by atoms with E-state index in [1.54, 1.807) is 0 Å². The molecule has 0 aromatic heterocycles. The number of benzene rings is 3. The molecule has 0 saturated heterocycles. The average Bonchev–Trinajstić information content (AvgIpc) is 2.50. The quantitative estimate of drug-likeness (QED) is 0.283. The summed E-state index contributed by atoms with van der Waals surface area (Å²) in [5, 5.41) is 2.32. The second-order valence-electron chi connectivity index (χ2n) is 5.05. The van der Waals surface area contributed by atoms with E-state index in [-0.39, 0.29) is 5.38 Å². The standard InChI is InChI=1S/C18H13BrClI/c1-11-6-8-15(14-5-3-2-4-13(11)14)18(20)16-10-12(21)7-9-17(16)19/h2-10,18H,1H3. The van der Waals surface area contributed by atoms with Crippen LogP contribution in [0.3, 0.4) is 0 Å². The van der Waals surface area contributed by atoms with Crippen molar-refractivity contribution in [2.24, 2.45) is 0 Å². The highest BCUT2D eigenvalue weighted by Gasteiger charge is 2.17. The van der Waals surface area contributed by atoms with Crippen molar-refractivity contribution in [3.63, 3.8) is 0 Å². The van der Waals surface area contributed by atoms with Crippen molar-refractivity contribution < 1.29 is 0 Å². The highest BCUT2D eigenvalue weighted by Crippen LogP contribution is 2.38. The lowest BCUT2D eigenvalue weighted by Gasteiger charge is -2.16. The van der Waals surface area contributed by atoms with Crippen molar-refractivity contribution in [2.45, 2.75) is 12.3 Å². The first-order chi connectivity index (χ1) is 10.1. The molecule has 0 bridgehead atoms. The lowest BCUT2D eigenvalue weighted by molar-refractivity contribution is 1.14. The van der Waals surface area contributed by atoms with Crippen molar-refractivity contribution in [1.29, 1.82) is 0 Å². The highest BCUT2D eigenvalue weighted by molar-refractivity contribution is 14.1. The van der Waals surface area contributed by atoms with Gasteiger partial charge in [-0.05, 0) is 75.2 Å². The van der Waals surface area contributed by atoms with Crippen molar-refractivity contribution in [3.05, 3.63) is 79.3 Å². The number of hydrogen-bond acceptors (Lipinski definition) is 0. The molecule has 0 heterocycles. The summed E-state index contributed by atoms with van der Waals surface area (Å²) in [6.45, 7) is 2.14. The van der Waals surface area contributed by atoms with Crippen LogP contribution >= 0.6 is 50.1 Å². The smallest absolute Gasteiger partial charge is 0.0852 e. The van der Waals surface area contributed by atoms with Crippen LogP contribution < -0.4 is 0 Å². The van der Waals surface area contributed by atoms with Gasteiger partial charge in [0, 0.05) is 8.04 Å². The predicted octanol–water partition coefficient (Wildman–Crippen LogP) is 6.84. The molecule has 0 N–H and O–H groups in total. The predicted molar refractivity (Wildman–Crippen MR) is 103 cm³/mol. The first kappa shape index (κ1) is 15.3. The molecular weight excluding hydrogens is 458 g/mol. The Balaban J connectivity index is 2.20. The lowest BCUT2D eigenvalue weighted by Crippen LogP contribution is -1.97.